The number of imide groups is 1. The molecule has 0 spiro atoms. The summed E-state index contributed by atoms with van der Waals surface area (Å²) < 4.78 is 4.94. The second kappa shape index (κ2) is 7.81. The Kier molecular flexibility index (Phi) is 5.46. The molecular weight excluding hydrogens is 382 g/mol. The van der Waals surface area contributed by atoms with Crippen LogP contribution < -0.4 is 10.6 Å². The van der Waals surface area contributed by atoms with Crippen LogP contribution in [0.15, 0.2) is 41.8 Å². The molecular formula is C19H19N3O5S. The number of urea groups is 1. The van der Waals surface area contributed by atoms with Gasteiger partial charge < -0.3 is 15.4 Å². The fourth-order valence-corrected chi connectivity index (χ4v) is 3.68. The van der Waals surface area contributed by atoms with Gasteiger partial charge in [-0.05, 0) is 30.9 Å². The predicted octanol–water partition coefficient (Wildman–Crippen LogP) is 2.33. The Morgan fingerprint density at radius 3 is 2.61 bits per heavy atom. The lowest BCUT2D eigenvalue weighted by molar-refractivity contribution is -0.133. The Balaban J connectivity index is 1.72. The number of hydrogen-bond donors (Lipinski definition) is 2. The van der Waals surface area contributed by atoms with Crippen molar-refractivity contribution in [3.8, 4) is 0 Å². The van der Waals surface area contributed by atoms with Crippen LogP contribution in [0.25, 0.3) is 0 Å². The van der Waals surface area contributed by atoms with Crippen molar-refractivity contribution in [2.75, 3.05) is 18.5 Å². The molecule has 2 aromatic rings. The molecule has 2 N–H and O–H groups in total. The first kappa shape index (κ1) is 19.6. The van der Waals surface area contributed by atoms with E-state index in [9.17, 15) is 19.2 Å². The topological polar surface area (TPSA) is 105 Å². The molecule has 1 aromatic carbocycles. The van der Waals surface area contributed by atoms with Gasteiger partial charge in [-0.15, -0.1) is 11.3 Å². The van der Waals surface area contributed by atoms with Crippen molar-refractivity contribution in [3.05, 3.63) is 52.9 Å². The molecule has 3 rings (SSSR count). The Labute approximate surface area is 165 Å². The summed E-state index contributed by atoms with van der Waals surface area (Å²) >= 11 is 1.15. The summed E-state index contributed by atoms with van der Waals surface area (Å²) in [7, 11) is 0. The van der Waals surface area contributed by atoms with Gasteiger partial charge in [0.1, 0.15) is 17.1 Å². The number of ether oxygens (including phenoxy) is 1. The van der Waals surface area contributed by atoms with Crippen LogP contribution in [-0.2, 0) is 19.9 Å². The smallest absolute Gasteiger partial charge is 0.341 e. The molecule has 2 heterocycles. The first-order valence-corrected chi connectivity index (χ1v) is 9.49. The van der Waals surface area contributed by atoms with Crippen LogP contribution in [0.2, 0.25) is 0 Å². The molecule has 0 unspecified atom stereocenters. The van der Waals surface area contributed by atoms with Gasteiger partial charge in [-0.2, -0.15) is 0 Å². The number of carbonyl (C=O) groups is 4. The van der Waals surface area contributed by atoms with E-state index in [1.165, 1.54) is 0 Å². The minimum Gasteiger partial charge on any atom is -0.462 e. The van der Waals surface area contributed by atoms with Gasteiger partial charge >= 0.3 is 12.0 Å². The molecule has 1 fully saturated rings. The van der Waals surface area contributed by atoms with E-state index in [2.05, 4.69) is 10.6 Å². The molecule has 28 heavy (non-hydrogen) atoms. The number of thiophene rings is 1. The predicted molar refractivity (Wildman–Crippen MR) is 103 cm³/mol. The molecule has 1 aromatic heterocycles. The summed E-state index contributed by atoms with van der Waals surface area (Å²) in [6, 6.07) is 9.70. The second-order valence-electron chi connectivity index (χ2n) is 6.24. The third kappa shape index (κ3) is 3.61. The lowest BCUT2D eigenvalue weighted by atomic mass is 9.92. The molecule has 0 radical (unpaired) electrons. The van der Waals surface area contributed by atoms with E-state index >= 15 is 0 Å². The summed E-state index contributed by atoms with van der Waals surface area (Å²) in [6.07, 6.45) is 0. The standard InChI is InChI=1S/C19H19N3O5S/c1-3-27-16(24)13-9-10-28-15(13)20-14(23)11-22-17(25)19(2,21-18(22)26)12-7-5-4-6-8-12/h4-10H,3,11H2,1-2H3,(H,20,23)(H,21,26)/t19-/m1/s1. The highest BCUT2D eigenvalue weighted by atomic mass is 32.1. The van der Waals surface area contributed by atoms with E-state index in [-0.39, 0.29) is 12.2 Å². The van der Waals surface area contributed by atoms with Crippen LogP contribution in [-0.4, -0.2) is 41.9 Å². The van der Waals surface area contributed by atoms with Gasteiger partial charge in [0.05, 0.1) is 12.2 Å². The van der Waals surface area contributed by atoms with Crippen LogP contribution in [0.1, 0.15) is 29.8 Å². The Bertz CT molecular complexity index is 927. The van der Waals surface area contributed by atoms with Crippen LogP contribution in [0.5, 0.6) is 0 Å². The van der Waals surface area contributed by atoms with Crippen LogP contribution in [0.3, 0.4) is 0 Å². The largest absolute Gasteiger partial charge is 0.462 e. The quantitative estimate of drug-likeness (QED) is 0.571. The summed E-state index contributed by atoms with van der Waals surface area (Å²) in [5, 5.41) is 7.16. The highest BCUT2D eigenvalue weighted by molar-refractivity contribution is 7.14. The molecule has 0 aliphatic carbocycles. The van der Waals surface area contributed by atoms with Gasteiger partial charge in [0.25, 0.3) is 5.91 Å². The maximum absolute atomic E-state index is 12.8. The summed E-state index contributed by atoms with van der Waals surface area (Å²) in [5.41, 5.74) is -0.386. The minimum absolute atomic E-state index is 0.211. The van der Waals surface area contributed by atoms with Gasteiger partial charge in [-0.25, -0.2) is 9.59 Å². The van der Waals surface area contributed by atoms with Crippen LogP contribution in [0.4, 0.5) is 9.80 Å². The molecule has 0 saturated carbocycles. The van der Waals surface area contributed by atoms with Crippen LogP contribution >= 0.6 is 11.3 Å². The van der Waals surface area contributed by atoms with E-state index in [1.54, 1.807) is 49.6 Å². The number of anilines is 1. The van der Waals surface area contributed by atoms with Gasteiger partial charge in [0.2, 0.25) is 5.91 Å². The average molecular weight is 401 g/mol. The lowest BCUT2D eigenvalue weighted by Crippen LogP contribution is -2.42. The Morgan fingerprint density at radius 2 is 1.93 bits per heavy atom. The third-order valence-electron chi connectivity index (χ3n) is 4.34. The lowest BCUT2D eigenvalue weighted by Gasteiger charge is -2.22. The Hall–Kier alpha value is -3.20. The van der Waals surface area contributed by atoms with E-state index in [1.807, 2.05) is 6.07 Å². The van der Waals surface area contributed by atoms with Crippen molar-refractivity contribution in [2.45, 2.75) is 19.4 Å². The van der Waals surface area contributed by atoms with E-state index in [0.717, 1.165) is 16.2 Å². The van der Waals surface area contributed by atoms with E-state index in [4.69, 9.17) is 4.74 Å². The molecule has 4 amide bonds. The molecule has 146 valence electrons. The maximum Gasteiger partial charge on any atom is 0.341 e. The van der Waals surface area contributed by atoms with E-state index < -0.39 is 35.9 Å². The zero-order chi connectivity index (χ0) is 20.3. The number of nitrogens with one attached hydrogen (secondary N) is 2. The number of amides is 4. The summed E-state index contributed by atoms with van der Waals surface area (Å²) in [5.74, 6) is -1.66. The number of nitrogens with zero attached hydrogens (tertiary/aromatic N) is 1. The first-order chi connectivity index (χ1) is 13.4. The van der Waals surface area contributed by atoms with Crippen molar-refractivity contribution >= 4 is 40.2 Å². The fraction of sp³-hybridized carbons (Fsp3) is 0.263. The van der Waals surface area contributed by atoms with Crippen molar-refractivity contribution in [3.63, 3.8) is 0 Å². The number of esters is 1. The summed E-state index contributed by atoms with van der Waals surface area (Å²) in [4.78, 5) is 50.3. The van der Waals surface area contributed by atoms with Crippen molar-refractivity contribution in [1.29, 1.82) is 0 Å². The second-order valence-corrected chi connectivity index (χ2v) is 7.16. The monoisotopic (exact) mass is 401 g/mol. The zero-order valence-electron chi connectivity index (χ0n) is 15.4. The molecule has 1 atom stereocenters. The number of carbonyl (C=O) groups excluding carboxylic acids is 4. The molecule has 0 bridgehead atoms. The van der Waals surface area contributed by atoms with Crippen molar-refractivity contribution in [1.82, 2.24) is 10.2 Å². The minimum atomic E-state index is -1.24. The maximum atomic E-state index is 12.8. The van der Waals surface area contributed by atoms with Gasteiger partial charge in [0, 0.05) is 0 Å². The first-order valence-electron chi connectivity index (χ1n) is 8.61. The normalized spacial score (nSPS) is 18.7. The van der Waals surface area contributed by atoms with Crippen molar-refractivity contribution < 1.29 is 23.9 Å². The fourth-order valence-electron chi connectivity index (χ4n) is 2.89. The highest BCUT2D eigenvalue weighted by Gasteiger charge is 2.49. The van der Waals surface area contributed by atoms with Crippen LogP contribution in [0, 0.1) is 0 Å². The van der Waals surface area contributed by atoms with Gasteiger partial charge in [0.15, 0.2) is 0 Å². The summed E-state index contributed by atoms with van der Waals surface area (Å²) in [6.45, 7) is 3.03. The SMILES string of the molecule is CCOC(=O)c1ccsc1NC(=O)CN1C(=O)N[C@](C)(c2ccccc2)C1=O. The average Bonchev–Trinajstić information content (AvgIpc) is 3.21. The highest BCUT2D eigenvalue weighted by Crippen LogP contribution is 2.29. The molecule has 1 saturated heterocycles. The number of benzene rings is 1. The molecule has 1 aliphatic rings. The molecule has 9 heteroatoms. The third-order valence-corrected chi connectivity index (χ3v) is 5.17. The van der Waals surface area contributed by atoms with Gasteiger partial charge in [-0.3, -0.25) is 14.5 Å². The van der Waals surface area contributed by atoms with Gasteiger partial charge in [-0.1, -0.05) is 30.3 Å². The van der Waals surface area contributed by atoms with Crippen molar-refractivity contribution in [2.24, 2.45) is 0 Å². The van der Waals surface area contributed by atoms with E-state index in [0.29, 0.717) is 10.6 Å². The molecule has 8 nitrogen and oxygen atoms in total. The number of hydrogen-bond acceptors (Lipinski definition) is 6. The number of rotatable bonds is 6. The molecule has 1 aliphatic heterocycles. The zero-order valence-corrected chi connectivity index (χ0v) is 16.2. The Morgan fingerprint density at radius 1 is 1.21 bits per heavy atom.